The molecule has 0 amide bonds. The molecule has 27 heavy (non-hydrogen) atoms. The Morgan fingerprint density at radius 1 is 1.15 bits per heavy atom. The van der Waals surface area contributed by atoms with Gasteiger partial charge < -0.3 is 15.2 Å². The lowest BCUT2D eigenvalue weighted by Crippen LogP contribution is -2.38. The molecular formula is C21H28N6. The zero-order chi connectivity index (χ0) is 18.9. The number of guanidine groups is 1. The van der Waals surface area contributed by atoms with Gasteiger partial charge in [0, 0.05) is 38.6 Å². The highest BCUT2D eigenvalue weighted by Gasteiger charge is 2.06. The predicted octanol–water partition coefficient (Wildman–Crippen LogP) is 2.93. The number of hydrogen-bond acceptors (Lipinski definition) is 3. The Kier molecular flexibility index (Phi) is 6.79. The highest BCUT2D eigenvalue weighted by molar-refractivity contribution is 5.79. The maximum Gasteiger partial charge on any atom is 0.191 e. The zero-order valence-electron chi connectivity index (χ0n) is 16.2. The number of benzene rings is 1. The van der Waals surface area contributed by atoms with E-state index in [1.165, 1.54) is 11.1 Å². The first kappa shape index (κ1) is 18.9. The van der Waals surface area contributed by atoms with E-state index in [2.05, 4.69) is 63.3 Å². The summed E-state index contributed by atoms with van der Waals surface area (Å²) in [5.41, 5.74) is 3.48. The Morgan fingerprint density at radius 3 is 2.85 bits per heavy atom. The SMILES string of the molecule is CCNC(=NCCCn1c(C)nc2ccccc21)NCCc1cccnc1. The van der Waals surface area contributed by atoms with Crippen LogP contribution in [0.3, 0.4) is 0 Å². The summed E-state index contributed by atoms with van der Waals surface area (Å²) in [5.74, 6) is 1.93. The van der Waals surface area contributed by atoms with Gasteiger partial charge in [-0.15, -0.1) is 0 Å². The Morgan fingerprint density at radius 2 is 2.04 bits per heavy atom. The van der Waals surface area contributed by atoms with E-state index in [1.807, 2.05) is 18.3 Å². The number of nitrogens with zero attached hydrogens (tertiary/aromatic N) is 4. The second-order valence-electron chi connectivity index (χ2n) is 6.45. The molecule has 0 atom stereocenters. The van der Waals surface area contributed by atoms with Gasteiger partial charge in [-0.2, -0.15) is 0 Å². The molecule has 0 bridgehead atoms. The summed E-state index contributed by atoms with van der Waals surface area (Å²) in [5, 5.41) is 6.70. The molecule has 3 aromatic rings. The van der Waals surface area contributed by atoms with Crippen molar-refractivity contribution in [1.29, 1.82) is 0 Å². The van der Waals surface area contributed by atoms with Gasteiger partial charge in [0.1, 0.15) is 5.82 Å². The second-order valence-corrected chi connectivity index (χ2v) is 6.45. The first-order valence-corrected chi connectivity index (χ1v) is 9.61. The number of fused-ring (bicyclic) bond motifs is 1. The summed E-state index contributed by atoms with van der Waals surface area (Å²) in [6.45, 7) is 7.53. The van der Waals surface area contributed by atoms with Crippen molar-refractivity contribution in [3.05, 3.63) is 60.2 Å². The molecule has 0 aliphatic heterocycles. The van der Waals surface area contributed by atoms with Crippen molar-refractivity contribution in [2.45, 2.75) is 33.2 Å². The molecule has 0 aliphatic rings. The van der Waals surface area contributed by atoms with E-state index in [1.54, 1.807) is 6.20 Å². The van der Waals surface area contributed by atoms with Crippen LogP contribution in [-0.2, 0) is 13.0 Å². The summed E-state index contributed by atoms with van der Waals surface area (Å²) in [7, 11) is 0. The van der Waals surface area contributed by atoms with Crippen molar-refractivity contribution in [3.63, 3.8) is 0 Å². The van der Waals surface area contributed by atoms with E-state index in [4.69, 9.17) is 4.99 Å². The molecule has 0 unspecified atom stereocenters. The minimum Gasteiger partial charge on any atom is -0.357 e. The van der Waals surface area contributed by atoms with Gasteiger partial charge in [0.15, 0.2) is 5.96 Å². The standard InChI is InChI=1S/C21H28N6/c1-3-23-21(25-14-11-18-8-6-12-22-16-18)24-13-7-15-27-17(2)26-19-9-4-5-10-20(19)27/h4-6,8-10,12,16H,3,7,11,13-15H2,1-2H3,(H2,23,24,25). The van der Waals surface area contributed by atoms with Gasteiger partial charge in [-0.25, -0.2) is 4.98 Å². The van der Waals surface area contributed by atoms with Gasteiger partial charge in [0.25, 0.3) is 0 Å². The second kappa shape index (κ2) is 9.71. The van der Waals surface area contributed by atoms with Crippen LogP contribution >= 0.6 is 0 Å². The summed E-state index contributed by atoms with van der Waals surface area (Å²) in [4.78, 5) is 13.5. The Labute approximate surface area is 160 Å². The fraction of sp³-hybridized carbons (Fsp3) is 0.381. The monoisotopic (exact) mass is 364 g/mol. The molecule has 1 aromatic carbocycles. The fourth-order valence-electron chi connectivity index (χ4n) is 3.11. The van der Waals surface area contributed by atoms with Crippen molar-refractivity contribution in [2.75, 3.05) is 19.6 Å². The molecule has 142 valence electrons. The third kappa shape index (κ3) is 5.29. The largest absolute Gasteiger partial charge is 0.357 e. The fourth-order valence-corrected chi connectivity index (χ4v) is 3.11. The van der Waals surface area contributed by atoms with Gasteiger partial charge in [-0.05, 0) is 50.5 Å². The number of aliphatic imine (C=N–C) groups is 1. The van der Waals surface area contributed by atoms with E-state index in [-0.39, 0.29) is 0 Å². The highest BCUT2D eigenvalue weighted by atomic mass is 15.2. The summed E-state index contributed by atoms with van der Waals surface area (Å²) < 4.78 is 2.27. The van der Waals surface area contributed by atoms with Crippen LogP contribution in [-0.4, -0.2) is 40.1 Å². The van der Waals surface area contributed by atoms with Gasteiger partial charge in [-0.1, -0.05) is 18.2 Å². The number of hydrogen-bond donors (Lipinski definition) is 2. The van der Waals surface area contributed by atoms with Crippen LogP contribution in [0.2, 0.25) is 0 Å². The molecule has 2 aromatic heterocycles. The minimum atomic E-state index is 0.772. The highest BCUT2D eigenvalue weighted by Crippen LogP contribution is 2.15. The smallest absolute Gasteiger partial charge is 0.191 e. The molecule has 0 saturated heterocycles. The number of pyridine rings is 1. The predicted molar refractivity (Wildman–Crippen MR) is 111 cm³/mol. The van der Waals surface area contributed by atoms with Crippen LogP contribution in [0.1, 0.15) is 24.7 Å². The van der Waals surface area contributed by atoms with E-state index in [0.717, 1.165) is 56.3 Å². The van der Waals surface area contributed by atoms with Crippen LogP contribution < -0.4 is 10.6 Å². The van der Waals surface area contributed by atoms with E-state index >= 15 is 0 Å². The van der Waals surface area contributed by atoms with Crippen molar-refractivity contribution < 1.29 is 0 Å². The molecule has 0 saturated carbocycles. The molecule has 2 heterocycles. The number of aromatic nitrogens is 3. The summed E-state index contributed by atoms with van der Waals surface area (Å²) in [6, 6.07) is 12.3. The van der Waals surface area contributed by atoms with Gasteiger partial charge in [0.2, 0.25) is 0 Å². The van der Waals surface area contributed by atoms with Crippen LogP contribution in [0.4, 0.5) is 0 Å². The number of aryl methyl sites for hydroxylation is 2. The molecule has 6 nitrogen and oxygen atoms in total. The lowest BCUT2D eigenvalue weighted by molar-refractivity contribution is 0.646. The van der Waals surface area contributed by atoms with Crippen LogP contribution in [0.5, 0.6) is 0 Å². The van der Waals surface area contributed by atoms with Crippen molar-refractivity contribution in [3.8, 4) is 0 Å². The third-order valence-corrected chi connectivity index (χ3v) is 4.43. The van der Waals surface area contributed by atoms with E-state index in [9.17, 15) is 0 Å². The normalized spacial score (nSPS) is 11.7. The molecule has 0 fully saturated rings. The average molecular weight is 364 g/mol. The number of nitrogens with one attached hydrogen (secondary N) is 2. The van der Waals surface area contributed by atoms with E-state index in [0.29, 0.717) is 0 Å². The quantitative estimate of drug-likeness (QED) is 0.366. The summed E-state index contributed by atoms with van der Waals surface area (Å²) >= 11 is 0. The van der Waals surface area contributed by atoms with Gasteiger partial charge in [-0.3, -0.25) is 9.98 Å². The van der Waals surface area contributed by atoms with Gasteiger partial charge >= 0.3 is 0 Å². The summed E-state index contributed by atoms with van der Waals surface area (Å²) in [6.07, 6.45) is 5.61. The number of para-hydroxylation sites is 2. The van der Waals surface area contributed by atoms with Crippen LogP contribution in [0.25, 0.3) is 11.0 Å². The van der Waals surface area contributed by atoms with Gasteiger partial charge in [0.05, 0.1) is 11.0 Å². The maximum absolute atomic E-state index is 4.70. The maximum atomic E-state index is 4.70. The van der Waals surface area contributed by atoms with E-state index < -0.39 is 0 Å². The molecule has 2 N–H and O–H groups in total. The minimum absolute atomic E-state index is 0.772. The molecular weight excluding hydrogens is 336 g/mol. The first-order valence-electron chi connectivity index (χ1n) is 9.61. The van der Waals surface area contributed by atoms with Crippen LogP contribution in [0, 0.1) is 6.92 Å². The van der Waals surface area contributed by atoms with Crippen molar-refractivity contribution >= 4 is 17.0 Å². The average Bonchev–Trinajstić information content (AvgIpc) is 3.01. The lowest BCUT2D eigenvalue weighted by Gasteiger charge is -2.11. The Balaban J connectivity index is 1.50. The number of rotatable bonds is 8. The Bertz CT molecular complexity index is 869. The van der Waals surface area contributed by atoms with Crippen molar-refractivity contribution in [1.82, 2.24) is 25.2 Å². The molecule has 0 aliphatic carbocycles. The number of imidazole rings is 1. The molecule has 3 rings (SSSR count). The lowest BCUT2D eigenvalue weighted by atomic mass is 10.2. The van der Waals surface area contributed by atoms with Crippen molar-refractivity contribution in [2.24, 2.45) is 4.99 Å². The molecule has 0 radical (unpaired) electrons. The topological polar surface area (TPSA) is 67.1 Å². The Hall–Kier alpha value is -2.89. The third-order valence-electron chi connectivity index (χ3n) is 4.43. The molecule has 0 spiro atoms. The molecule has 6 heteroatoms. The zero-order valence-corrected chi connectivity index (χ0v) is 16.2. The first-order chi connectivity index (χ1) is 13.3. The van der Waals surface area contributed by atoms with Crippen LogP contribution in [0.15, 0.2) is 53.8 Å².